The quantitative estimate of drug-likeness (QED) is 0.772. The second kappa shape index (κ2) is 4.15. The molecule has 0 amide bonds. The van der Waals surface area contributed by atoms with Crippen LogP contribution in [-0.4, -0.2) is 9.36 Å². The summed E-state index contributed by atoms with van der Waals surface area (Å²) in [7, 11) is 0. The number of hydrogen-bond donors (Lipinski definition) is 0. The van der Waals surface area contributed by atoms with Gasteiger partial charge in [-0.25, -0.2) is 4.98 Å². The third-order valence-electron chi connectivity index (χ3n) is 3.10. The number of benzene rings is 1. The molecular formula is C12H11ClN2S. The molecule has 0 fully saturated rings. The van der Waals surface area contributed by atoms with Crippen molar-refractivity contribution in [2.24, 2.45) is 0 Å². The minimum Gasteiger partial charge on any atom is -0.208 e. The van der Waals surface area contributed by atoms with Gasteiger partial charge in [-0.05, 0) is 53.5 Å². The van der Waals surface area contributed by atoms with Crippen LogP contribution in [0.2, 0.25) is 4.47 Å². The van der Waals surface area contributed by atoms with Gasteiger partial charge in [0.1, 0.15) is 0 Å². The largest absolute Gasteiger partial charge is 0.208 e. The minimum absolute atomic E-state index is 0.341. The van der Waals surface area contributed by atoms with Crippen LogP contribution in [0.1, 0.15) is 35.7 Å². The molecule has 0 bridgehead atoms. The number of hydrogen-bond acceptors (Lipinski definition) is 3. The van der Waals surface area contributed by atoms with Gasteiger partial charge in [0.25, 0.3) is 0 Å². The van der Waals surface area contributed by atoms with Crippen molar-refractivity contribution in [3.05, 3.63) is 45.7 Å². The lowest BCUT2D eigenvalue weighted by Crippen LogP contribution is -2.11. The predicted molar refractivity (Wildman–Crippen MR) is 66.1 cm³/mol. The Morgan fingerprint density at radius 3 is 3.00 bits per heavy atom. The van der Waals surface area contributed by atoms with Crippen LogP contribution in [-0.2, 0) is 6.42 Å². The molecule has 1 heterocycles. The standard InChI is InChI=1S/C12H11ClN2S/c13-12-14-11(15-16-12)10-7-3-5-8-4-1-2-6-9(8)10/h1-2,4,6,10H,3,5,7H2. The summed E-state index contributed by atoms with van der Waals surface area (Å²) < 4.78 is 4.88. The Kier molecular flexibility index (Phi) is 2.65. The summed E-state index contributed by atoms with van der Waals surface area (Å²) in [4.78, 5) is 4.31. The lowest BCUT2D eigenvalue weighted by Gasteiger charge is -2.23. The van der Waals surface area contributed by atoms with Crippen LogP contribution in [0.15, 0.2) is 24.3 Å². The second-order valence-corrected chi connectivity index (χ2v) is 5.38. The van der Waals surface area contributed by atoms with Gasteiger partial charge in [0.15, 0.2) is 5.82 Å². The maximum atomic E-state index is 5.85. The fourth-order valence-electron chi connectivity index (χ4n) is 2.38. The van der Waals surface area contributed by atoms with Crippen molar-refractivity contribution < 1.29 is 0 Å². The highest BCUT2D eigenvalue weighted by atomic mass is 35.5. The molecule has 1 aromatic heterocycles. The number of halogens is 1. The maximum absolute atomic E-state index is 5.85. The predicted octanol–water partition coefficient (Wildman–Crippen LogP) is 3.66. The first-order valence-electron chi connectivity index (χ1n) is 5.41. The minimum atomic E-state index is 0.341. The first-order chi connectivity index (χ1) is 7.84. The Morgan fingerprint density at radius 2 is 2.19 bits per heavy atom. The smallest absolute Gasteiger partial charge is 0.203 e. The summed E-state index contributed by atoms with van der Waals surface area (Å²) in [5.41, 5.74) is 2.81. The van der Waals surface area contributed by atoms with Crippen LogP contribution in [0, 0.1) is 0 Å². The fraction of sp³-hybridized carbons (Fsp3) is 0.333. The van der Waals surface area contributed by atoms with E-state index in [9.17, 15) is 0 Å². The molecular weight excluding hydrogens is 240 g/mol. The number of fused-ring (bicyclic) bond motifs is 1. The third-order valence-corrected chi connectivity index (χ3v) is 3.91. The van der Waals surface area contributed by atoms with Crippen molar-refractivity contribution >= 4 is 23.1 Å². The normalized spacial score (nSPS) is 19.4. The van der Waals surface area contributed by atoms with Crippen molar-refractivity contribution in [3.8, 4) is 0 Å². The third kappa shape index (κ3) is 1.74. The molecule has 16 heavy (non-hydrogen) atoms. The van der Waals surface area contributed by atoms with Gasteiger partial charge in [0, 0.05) is 5.92 Å². The molecule has 0 aliphatic heterocycles. The van der Waals surface area contributed by atoms with E-state index in [4.69, 9.17) is 11.6 Å². The Hall–Kier alpha value is -0.930. The summed E-state index contributed by atoms with van der Waals surface area (Å²) in [6.07, 6.45) is 3.51. The topological polar surface area (TPSA) is 25.8 Å². The Labute approximate surface area is 103 Å². The first kappa shape index (κ1) is 10.2. The average molecular weight is 251 g/mol. The second-order valence-electron chi connectivity index (χ2n) is 4.05. The van der Waals surface area contributed by atoms with Crippen LogP contribution in [0.3, 0.4) is 0 Å². The Bertz CT molecular complexity index is 509. The van der Waals surface area contributed by atoms with E-state index < -0.39 is 0 Å². The molecule has 1 aliphatic rings. The highest BCUT2D eigenvalue weighted by Gasteiger charge is 2.24. The first-order valence-corrected chi connectivity index (χ1v) is 6.56. The van der Waals surface area contributed by atoms with Gasteiger partial charge in [-0.3, -0.25) is 0 Å². The van der Waals surface area contributed by atoms with Crippen molar-refractivity contribution in [2.75, 3.05) is 0 Å². The van der Waals surface area contributed by atoms with Crippen LogP contribution >= 0.6 is 23.1 Å². The van der Waals surface area contributed by atoms with Gasteiger partial charge in [-0.15, -0.1) is 0 Å². The number of aromatic nitrogens is 2. The van der Waals surface area contributed by atoms with Gasteiger partial charge in [-0.1, -0.05) is 24.3 Å². The summed E-state index contributed by atoms with van der Waals surface area (Å²) in [6.45, 7) is 0. The zero-order valence-corrected chi connectivity index (χ0v) is 10.3. The average Bonchev–Trinajstić information content (AvgIpc) is 2.75. The number of nitrogens with zero attached hydrogens (tertiary/aromatic N) is 2. The van der Waals surface area contributed by atoms with E-state index >= 15 is 0 Å². The number of rotatable bonds is 1. The van der Waals surface area contributed by atoms with E-state index in [-0.39, 0.29) is 0 Å². The van der Waals surface area contributed by atoms with Crippen molar-refractivity contribution in [3.63, 3.8) is 0 Å². The Balaban J connectivity index is 2.04. The van der Waals surface area contributed by atoms with E-state index in [1.54, 1.807) is 0 Å². The molecule has 82 valence electrons. The molecule has 4 heteroatoms. The van der Waals surface area contributed by atoms with Crippen molar-refractivity contribution in [1.29, 1.82) is 0 Å². The molecule has 1 unspecified atom stereocenters. The van der Waals surface area contributed by atoms with Gasteiger partial charge >= 0.3 is 0 Å². The highest BCUT2D eigenvalue weighted by Crippen LogP contribution is 2.35. The molecule has 3 rings (SSSR count). The van der Waals surface area contributed by atoms with Crippen molar-refractivity contribution in [2.45, 2.75) is 25.2 Å². The van der Waals surface area contributed by atoms with Crippen molar-refractivity contribution in [1.82, 2.24) is 9.36 Å². The molecule has 0 spiro atoms. The van der Waals surface area contributed by atoms with Crippen LogP contribution in [0.25, 0.3) is 0 Å². The molecule has 0 N–H and O–H groups in total. The van der Waals surface area contributed by atoms with Gasteiger partial charge in [-0.2, -0.15) is 4.37 Å². The maximum Gasteiger partial charge on any atom is 0.203 e. The molecule has 1 atom stereocenters. The molecule has 0 radical (unpaired) electrons. The van der Waals surface area contributed by atoms with Gasteiger partial charge in [0.05, 0.1) is 0 Å². The highest BCUT2D eigenvalue weighted by molar-refractivity contribution is 7.10. The van der Waals surface area contributed by atoms with E-state index in [1.807, 2.05) is 0 Å². The molecule has 2 aromatic rings. The van der Waals surface area contributed by atoms with E-state index in [1.165, 1.54) is 35.5 Å². The summed E-state index contributed by atoms with van der Waals surface area (Å²) in [6, 6.07) is 8.58. The monoisotopic (exact) mass is 250 g/mol. The van der Waals surface area contributed by atoms with E-state index in [0.717, 1.165) is 12.2 Å². The molecule has 1 aliphatic carbocycles. The van der Waals surface area contributed by atoms with Crippen LogP contribution in [0.4, 0.5) is 0 Å². The zero-order chi connectivity index (χ0) is 11.0. The van der Waals surface area contributed by atoms with Gasteiger partial charge in [0.2, 0.25) is 4.47 Å². The van der Waals surface area contributed by atoms with Gasteiger partial charge < -0.3 is 0 Å². The number of aryl methyl sites for hydroxylation is 1. The van der Waals surface area contributed by atoms with E-state index in [0.29, 0.717) is 10.4 Å². The molecule has 1 aromatic carbocycles. The Morgan fingerprint density at radius 1 is 1.31 bits per heavy atom. The molecule has 2 nitrogen and oxygen atoms in total. The SMILES string of the molecule is Clc1nc(C2CCCc3ccccc32)ns1. The lowest BCUT2D eigenvalue weighted by molar-refractivity contribution is 0.596. The van der Waals surface area contributed by atoms with E-state index in [2.05, 4.69) is 33.6 Å². The summed E-state index contributed by atoms with van der Waals surface area (Å²) in [5.74, 6) is 1.23. The van der Waals surface area contributed by atoms with Crippen LogP contribution < -0.4 is 0 Å². The summed E-state index contributed by atoms with van der Waals surface area (Å²) >= 11 is 7.13. The molecule has 0 saturated heterocycles. The molecule has 0 saturated carbocycles. The van der Waals surface area contributed by atoms with Crippen LogP contribution in [0.5, 0.6) is 0 Å². The zero-order valence-electron chi connectivity index (χ0n) is 8.69. The summed E-state index contributed by atoms with van der Waals surface area (Å²) in [5, 5.41) is 0. The lowest BCUT2D eigenvalue weighted by atomic mass is 9.82. The fourth-order valence-corrected chi connectivity index (χ4v) is 3.04.